The minimum Gasteiger partial charge on any atom is -0.383 e. The van der Waals surface area contributed by atoms with Crippen molar-refractivity contribution in [3.05, 3.63) is 41.0 Å². The summed E-state index contributed by atoms with van der Waals surface area (Å²) in [6.45, 7) is 4.23. The van der Waals surface area contributed by atoms with Crippen molar-refractivity contribution in [1.82, 2.24) is 9.97 Å². The maximum Gasteiger partial charge on any atom is 0.136 e. The molecule has 0 fully saturated rings. The van der Waals surface area contributed by atoms with Crippen LogP contribution in [-0.4, -0.2) is 9.97 Å². The highest BCUT2D eigenvalue weighted by Crippen LogP contribution is 2.35. The molecule has 0 unspecified atom stereocenters. The van der Waals surface area contributed by atoms with Crippen LogP contribution in [-0.2, 0) is 0 Å². The molecule has 3 nitrogen and oxygen atoms in total. The maximum absolute atomic E-state index is 5.96. The summed E-state index contributed by atoms with van der Waals surface area (Å²) in [5.74, 6) is 0.550. The Labute approximate surface area is 109 Å². The maximum atomic E-state index is 5.96. The van der Waals surface area contributed by atoms with Crippen LogP contribution in [0.1, 0.15) is 11.1 Å². The fourth-order valence-corrected chi connectivity index (χ4v) is 2.94. The highest BCUT2D eigenvalue weighted by Gasteiger charge is 2.11. The van der Waals surface area contributed by atoms with E-state index >= 15 is 0 Å². The van der Waals surface area contributed by atoms with Gasteiger partial charge in [-0.15, -0.1) is 11.3 Å². The minimum absolute atomic E-state index is 0.550. The molecule has 1 aromatic carbocycles. The smallest absolute Gasteiger partial charge is 0.136 e. The van der Waals surface area contributed by atoms with Crippen LogP contribution >= 0.6 is 11.3 Å². The van der Waals surface area contributed by atoms with Crippen molar-refractivity contribution in [2.45, 2.75) is 13.8 Å². The standard InChI is InChI=1S/C14H13N3S/c1-8-3-4-10(5-9(8)2)11-6-18-14-12(11)13(15)16-7-17-14/h3-7H,1-2H3,(H2,15,16,17). The van der Waals surface area contributed by atoms with E-state index in [4.69, 9.17) is 5.73 Å². The molecule has 0 radical (unpaired) electrons. The zero-order valence-corrected chi connectivity index (χ0v) is 11.1. The average Bonchev–Trinajstić information content (AvgIpc) is 2.78. The number of hydrogen-bond acceptors (Lipinski definition) is 4. The van der Waals surface area contributed by atoms with Crippen molar-refractivity contribution in [1.29, 1.82) is 0 Å². The lowest BCUT2D eigenvalue weighted by molar-refractivity contribution is 1.24. The van der Waals surface area contributed by atoms with Gasteiger partial charge in [0.1, 0.15) is 17.0 Å². The molecule has 3 aromatic rings. The Morgan fingerprint density at radius 3 is 2.72 bits per heavy atom. The lowest BCUT2D eigenvalue weighted by Crippen LogP contribution is -1.92. The largest absolute Gasteiger partial charge is 0.383 e. The van der Waals surface area contributed by atoms with E-state index < -0.39 is 0 Å². The van der Waals surface area contributed by atoms with Crippen molar-refractivity contribution in [3.8, 4) is 11.1 Å². The second-order valence-corrected chi connectivity index (χ2v) is 5.25. The van der Waals surface area contributed by atoms with Crippen LogP contribution in [0.3, 0.4) is 0 Å². The predicted octanol–water partition coefficient (Wildman–Crippen LogP) is 3.56. The fourth-order valence-electron chi connectivity index (χ4n) is 2.02. The number of hydrogen-bond donors (Lipinski definition) is 1. The molecule has 0 spiro atoms. The van der Waals surface area contributed by atoms with Gasteiger partial charge in [0.15, 0.2) is 0 Å². The normalized spacial score (nSPS) is 11.0. The lowest BCUT2D eigenvalue weighted by Gasteiger charge is -2.05. The topological polar surface area (TPSA) is 51.8 Å². The van der Waals surface area contributed by atoms with Crippen molar-refractivity contribution < 1.29 is 0 Å². The Hall–Kier alpha value is -1.94. The molecule has 3 rings (SSSR count). The van der Waals surface area contributed by atoms with Gasteiger partial charge in [-0.2, -0.15) is 0 Å². The molecule has 0 atom stereocenters. The van der Waals surface area contributed by atoms with Gasteiger partial charge in [0, 0.05) is 10.9 Å². The van der Waals surface area contributed by atoms with Gasteiger partial charge in [-0.25, -0.2) is 9.97 Å². The van der Waals surface area contributed by atoms with Crippen LogP contribution in [0.2, 0.25) is 0 Å². The van der Waals surface area contributed by atoms with E-state index in [0.717, 1.165) is 15.8 Å². The van der Waals surface area contributed by atoms with Gasteiger partial charge < -0.3 is 5.73 Å². The average molecular weight is 255 g/mol. The monoisotopic (exact) mass is 255 g/mol. The minimum atomic E-state index is 0.550. The summed E-state index contributed by atoms with van der Waals surface area (Å²) in [5, 5.41) is 3.06. The molecule has 0 saturated heterocycles. The molecule has 2 heterocycles. The van der Waals surface area contributed by atoms with Crippen LogP contribution in [0.4, 0.5) is 5.82 Å². The third kappa shape index (κ3) is 1.66. The number of fused-ring (bicyclic) bond motifs is 1. The number of anilines is 1. The summed E-state index contributed by atoms with van der Waals surface area (Å²) in [7, 11) is 0. The number of rotatable bonds is 1. The molecule has 2 N–H and O–H groups in total. The fraction of sp³-hybridized carbons (Fsp3) is 0.143. The number of aryl methyl sites for hydroxylation is 2. The number of thiophene rings is 1. The second-order valence-electron chi connectivity index (χ2n) is 4.39. The quantitative estimate of drug-likeness (QED) is 0.723. The van der Waals surface area contributed by atoms with Crippen molar-refractivity contribution in [2.75, 3.05) is 5.73 Å². The van der Waals surface area contributed by atoms with Crippen LogP contribution in [0.25, 0.3) is 21.3 Å². The molecular weight excluding hydrogens is 242 g/mol. The van der Waals surface area contributed by atoms with Crippen molar-refractivity contribution >= 4 is 27.4 Å². The Kier molecular flexibility index (Phi) is 2.52. The SMILES string of the molecule is Cc1ccc(-c2csc3ncnc(N)c23)cc1C. The first-order chi connectivity index (χ1) is 8.66. The van der Waals surface area contributed by atoms with E-state index in [1.165, 1.54) is 23.0 Å². The van der Waals surface area contributed by atoms with E-state index in [1.54, 1.807) is 11.3 Å². The summed E-state index contributed by atoms with van der Waals surface area (Å²) in [6.07, 6.45) is 1.51. The van der Waals surface area contributed by atoms with E-state index in [-0.39, 0.29) is 0 Å². The molecule has 0 saturated carbocycles. The number of benzene rings is 1. The Bertz CT molecular complexity index is 731. The highest BCUT2D eigenvalue weighted by atomic mass is 32.1. The summed E-state index contributed by atoms with van der Waals surface area (Å²) in [5.41, 5.74) is 10.8. The Morgan fingerprint density at radius 2 is 1.94 bits per heavy atom. The van der Waals surface area contributed by atoms with Gasteiger partial charge in [-0.3, -0.25) is 0 Å². The lowest BCUT2D eigenvalue weighted by atomic mass is 10.0. The molecular formula is C14H13N3S. The molecule has 2 aromatic heterocycles. The van der Waals surface area contributed by atoms with E-state index in [2.05, 4.69) is 47.4 Å². The molecule has 0 aliphatic carbocycles. The molecule has 90 valence electrons. The van der Waals surface area contributed by atoms with Gasteiger partial charge in [0.2, 0.25) is 0 Å². The van der Waals surface area contributed by atoms with Crippen molar-refractivity contribution in [3.63, 3.8) is 0 Å². The molecule has 0 aliphatic rings. The van der Waals surface area contributed by atoms with Gasteiger partial charge in [-0.05, 0) is 30.5 Å². The van der Waals surface area contributed by atoms with Crippen LogP contribution < -0.4 is 5.73 Å². The first kappa shape index (κ1) is 11.2. The molecule has 0 amide bonds. The molecule has 0 bridgehead atoms. The van der Waals surface area contributed by atoms with E-state index in [0.29, 0.717) is 5.82 Å². The van der Waals surface area contributed by atoms with Crippen LogP contribution in [0.5, 0.6) is 0 Å². The summed E-state index contributed by atoms with van der Waals surface area (Å²) < 4.78 is 0. The van der Waals surface area contributed by atoms with Crippen LogP contribution in [0, 0.1) is 13.8 Å². The number of nitrogens with zero attached hydrogens (tertiary/aromatic N) is 2. The summed E-state index contributed by atoms with van der Waals surface area (Å²) in [6, 6.07) is 6.44. The zero-order chi connectivity index (χ0) is 12.7. The predicted molar refractivity (Wildman–Crippen MR) is 76.7 cm³/mol. The molecule has 18 heavy (non-hydrogen) atoms. The zero-order valence-electron chi connectivity index (χ0n) is 10.3. The van der Waals surface area contributed by atoms with Crippen LogP contribution in [0.15, 0.2) is 29.9 Å². The first-order valence-corrected chi connectivity index (χ1v) is 6.60. The second kappa shape index (κ2) is 4.07. The number of aromatic nitrogens is 2. The third-order valence-electron chi connectivity index (χ3n) is 3.22. The first-order valence-electron chi connectivity index (χ1n) is 5.72. The number of nitrogens with two attached hydrogens (primary N) is 1. The Morgan fingerprint density at radius 1 is 1.11 bits per heavy atom. The van der Waals surface area contributed by atoms with Gasteiger partial charge in [-0.1, -0.05) is 18.2 Å². The van der Waals surface area contributed by atoms with Gasteiger partial charge in [0.05, 0.1) is 5.39 Å². The summed E-state index contributed by atoms with van der Waals surface area (Å²) in [4.78, 5) is 9.28. The molecule has 4 heteroatoms. The molecule has 0 aliphatic heterocycles. The van der Waals surface area contributed by atoms with Crippen molar-refractivity contribution in [2.24, 2.45) is 0 Å². The Balaban J connectivity index is 2.28. The number of nitrogen functional groups attached to an aromatic ring is 1. The summed E-state index contributed by atoms with van der Waals surface area (Å²) >= 11 is 1.60. The third-order valence-corrected chi connectivity index (χ3v) is 4.10. The van der Waals surface area contributed by atoms with Gasteiger partial charge in [0.25, 0.3) is 0 Å². The van der Waals surface area contributed by atoms with E-state index in [9.17, 15) is 0 Å². The highest BCUT2D eigenvalue weighted by molar-refractivity contribution is 7.17. The van der Waals surface area contributed by atoms with Gasteiger partial charge >= 0.3 is 0 Å². The van der Waals surface area contributed by atoms with E-state index in [1.807, 2.05) is 0 Å².